The number of nitrogens with two attached hydrogens (primary N) is 1. The van der Waals surface area contributed by atoms with E-state index < -0.39 is 17.8 Å². The fourth-order valence-corrected chi connectivity index (χ4v) is 6.35. The van der Waals surface area contributed by atoms with Gasteiger partial charge in [0.25, 0.3) is 5.91 Å². The van der Waals surface area contributed by atoms with Crippen molar-refractivity contribution in [1.29, 1.82) is 0 Å². The average molecular weight is 793 g/mol. The topological polar surface area (TPSA) is 240 Å². The molecule has 0 saturated heterocycles. The number of aliphatic carboxylic acids is 1. The normalized spacial score (nSPS) is 11.5. The van der Waals surface area contributed by atoms with Crippen molar-refractivity contribution in [1.82, 2.24) is 38.7 Å². The third kappa shape index (κ3) is 8.99. The molecular formula is C39H44N12O7. The van der Waals surface area contributed by atoms with Crippen molar-refractivity contribution in [3.63, 3.8) is 0 Å². The number of carbonyl (C=O) groups excluding carboxylic acids is 3. The predicted molar refractivity (Wildman–Crippen MR) is 217 cm³/mol. The monoisotopic (exact) mass is 792 g/mol. The van der Waals surface area contributed by atoms with Crippen molar-refractivity contribution < 1.29 is 33.8 Å². The number of anilines is 3. The molecule has 2 amide bonds. The Balaban J connectivity index is 1.23. The number of carbonyl (C=O) groups is 4. The zero-order valence-electron chi connectivity index (χ0n) is 32.4. The number of aldehydes is 1. The van der Waals surface area contributed by atoms with Crippen LogP contribution in [0, 0.1) is 6.92 Å². The SMILES string of the molecule is CCn1nc(C)cc1C(=O)Nc1nc2cc(C(N)=O)cc(OC)c2n1C/C=C/Cn1c(NC)nc2cc(C=O)cc(OC/C=C/Cn3cc(NCCC(=O)O)cn3)c21. The second-order valence-electron chi connectivity index (χ2n) is 13.0. The Labute approximate surface area is 332 Å². The molecule has 4 aromatic heterocycles. The quantitative estimate of drug-likeness (QED) is 0.0541. The molecule has 6 aromatic rings. The molecule has 4 heterocycles. The first kappa shape index (κ1) is 40.2. The van der Waals surface area contributed by atoms with Gasteiger partial charge >= 0.3 is 5.97 Å². The number of carboxylic acids is 1. The molecule has 2 aromatic carbocycles. The summed E-state index contributed by atoms with van der Waals surface area (Å²) in [6.07, 6.45) is 11.7. The van der Waals surface area contributed by atoms with Crippen LogP contribution in [0.2, 0.25) is 0 Å². The highest BCUT2D eigenvalue weighted by Gasteiger charge is 2.22. The summed E-state index contributed by atoms with van der Waals surface area (Å²) in [5.41, 5.74) is 10.2. The molecule has 58 heavy (non-hydrogen) atoms. The van der Waals surface area contributed by atoms with Crippen molar-refractivity contribution in [2.75, 3.05) is 43.3 Å². The third-order valence-corrected chi connectivity index (χ3v) is 9.00. The number of allylic oxidation sites excluding steroid dienone is 3. The van der Waals surface area contributed by atoms with Crippen LogP contribution in [0.4, 0.5) is 17.6 Å². The Bertz CT molecular complexity index is 2540. The molecule has 19 heteroatoms. The molecule has 0 aliphatic heterocycles. The molecule has 0 bridgehead atoms. The molecule has 0 unspecified atom stereocenters. The minimum absolute atomic E-state index is 0.00149. The standard InChI is InChI=1S/C39H44N12O7/c1-5-51-30(16-24(2)47-51)37(56)46-39-45-29-19-26(36(40)55)20-31(57-4)34(29)50(39)14-7-6-13-49-35-28(44-38(49)41-3)17-25(23-52)18-32(35)58-15-9-8-12-48-22-27(21-43-48)42-11-10-33(53)54/h6-9,16-23,42H,5,10-15H2,1-4H3,(H2,40,55)(H,41,44)(H,53,54)(H,45,46,56)/b7-6+,9-8+. The van der Waals surface area contributed by atoms with Crippen molar-refractivity contribution >= 4 is 63.7 Å². The maximum Gasteiger partial charge on any atom is 0.305 e. The Morgan fingerprint density at radius 2 is 1.64 bits per heavy atom. The van der Waals surface area contributed by atoms with Gasteiger partial charge in [-0.1, -0.05) is 18.2 Å². The smallest absolute Gasteiger partial charge is 0.305 e. The van der Waals surface area contributed by atoms with E-state index in [1.807, 2.05) is 42.7 Å². The molecular weight excluding hydrogens is 749 g/mol. The van der Waals surface area contributed by atoms with Gasteiger partial charge in [0.15, 0.2) is 0 Å². The van der Waals surface area contributed by atoms with E-state index in [0.717, 1.165) is 12.0 Å². The predicted octanol–water partition coefficient (Wildman–Crippen LogP) is 4.10. The summed E-state index contributed by atoms with van der Waals surface area (Å²) < 4.78 is 18.9. The maximum atomic E-state index is 13.5. The summed E-state index contributed by atoms with van der Waals surface area (Å²) in [6, 6.07) is 8.14. The Morgan fingerprint density at radius 1 is 0.931 bits per heavy atom. The van der Waals surface area contributed by atoms with Crippen LogP contribution in [-0.4, -0.2) is 95.1 Å². The van der Waals surface area contributed by atoms with E-state index in [0.29, 0.717) is 82.6 Å². The van der Waals surface area contributed by atoms with E-state index in [2.05, 4.69) is 31.1 Å². The lowest BCUT2D eigenvalue weighted by atomic mass is 10.1. The van der Waals surface area contributed by atoms with Crippen LogP contribution < -0.4 is 31.2 Å². The van der Waals surface area contributed by atoms with Gasteiger partial charge < -0.3 is 40.1 Å². The molecule has 0 aliphatic rings. The number of primary amides is 1. The lowest BCUT2D eigenvalue weighted by molar-refractivity contribution is -0.136. The second-order valence-corrected chi connectivity index (χ2v) is 13.0. The Kier molecular flexibility index (Phi) is 12.5. The van der Waals surface area contributed by atoms with Crippen LogP contribution in [0.5, 0.6) is 11.5 Å². The lowest BCUT2D eigenvalue weighted by Gasteiger charge is -2.12. The molecule has 0 spiro atoms. The van der Waals surface area contributed by atoms with Crippen LogP contribution in [0.1, 0.15) is 50.2 Å². The fourth-order valence-electron chi connectivity index (χ4n) is 6.35. The lowest BCUT2D eigenvalue weighted by Crippen LogP contribution is -2.20. The fraction of sp³-hybridized carbons (Fsp3) is 0.282. The maximum absolute atomic E-state index is 13.5. The van der Waals surface area contributed by atoms with Crippen molar-refractivity contribution in [2.24, 2.45) is 5.73 Å². The van der Waals surface area contributed by atoms with E-state index >= 15 is 0 Å². The highest BCUT2D eigenvalue weighted by atomic mass is 16.5. The van der Waals surface area contributed by atoms with Gasteiger partial charge in [-0.2, -0.15) is 10.2 Å². The number of benzene rings is 2. The van der Waals surface area contributed by atoms with E-state index in [1.165, 1.54) is 13.2 Å². The number of ether oxygens (including phenoxy) is 2. The number of hydrogen-bond donors (Lipinski definition) is 5. The molecule has 6 N–H and O–H groups in total. The van der Waals surface area contributed by atoms with Gasteiger partial charge in [0, 0.05) is 50.6 Å². The molecule has 0 radical (unpaired) electrons. The third-order valence-electron chi connectivity index (χ3n) is 9.00. The average Bonchev–Trinajstić information content (AvgIpc) is 3.99. The summed E-state index contributed by atoms with van der Waals surface area (Å²) in [7, 11) is 3.22. The number of fused-ring (bicyclic) bond motifs is 2. The number of carboxylic acid groups (broad SMARTS) is 1. The summed E-state index contributed by atoms with van der Waals surface area (Å²) in [4.78, 5) is 57.7. The van der Waals surface area contributed by atoms with Gasteiger partial charge in [-0.05, 0) is 50.3 Å². The minimum atomic E-state index is -0.880. The van der Waals surface area contributed by atoms with Gasteiger partial charge in [-0.15, -0.1) is 0 Å². The van der Waals surface area contributed by atoms with Gasteiger partial charge in [-0.25, -0.2) is 9.97 Å². The molecule has 19 nitrogen and oxygen atoms in total. The number of hydrogen-bond acceptors (Lipinski definition) is 12. The van der Waals surface area contributed by atoms with E-state index in [4.69, 9.17) is 25.3 Å². The molecule has 0 fully saturated rings. The van der Waals surface area contributed by atoms with Gasteiger partial charge in [0.2, 0.25) is 17.8 Å². The van der Waals surface area contributed by atoms with Gasteiger partial charge in [0.05, 0.1) is 48.7 Å². The summed E-state index contributed by atoms with van der Waals surface area (Å²) in [5, 5.41) is 26.6. The van der Waals surface area contributed by atoms with E-state index in [9.17, 15) is 19.2 Å². The first-order valence-electron chi connectivity index (χ1n) is 18.3. The molecule has 0 aliphatic carbocycles. The highest BCUT2D eigenvalue weighted by molar-refractivity contribution is 6.04. The number of rotatable bonds is 20. The van der Waals surface area contributed by atoms with Crippen LogP contribution in [-0.2, 0) is 31.0 Å². The zero-order chi connectivity index (χ0) is 41.3. The molecule has 0 atom stereocenters. The number of aromatic nitrogens is 8. The van der Waals surface area contributed by atoms with Crippen molar-refractivity contribution in [3.05, 3.63) is 89.5 Å². The van der Waals surface area contributed by atoms with Gasteiger partial charge in [0.1, 0.15) is 41.1 Å². The second kappa shape index (κ2) is 18.0. The van der Waals surface area contributed by atoms with Crippen LogP contribution in [0.15, 0.2) is 67.0 Å². The number of aryl methyl sites for hydroxylation is 2. The first-order chi connectivity index (χ1) is 28.0. The molecule has 0 saturated carbocycles. The first-order valence-corrected chi connectivity index (χ1v) is 18.3. The highest BCUT2D eigenvalue weighted by Crippen LogP contribution is 2.32. The number of imidazole rings is 2. The van der Waals surface area contributed by atoms with E-state index in [1.54, 1.807) is 57.6 Å². The van der Waals surface area contributed by atoms with Crippen LogP contribution in [0.3, 0.4) is 0 Å². The van der Waals surface area contributed by atoms with Crippen LogP contribution in [0.25, 0.3) is 22.1 Å². The zero-order valence-corrected chi connectivity index (χ0v) is 32.4. The van der Waals surface area contributed by atoms with Crippen LogP contribution >= 0.6 is 0 Å². The number of amides is 2. The number of methoxy groups -OCH3 is 1. The van der Waals surface area contributed by atoms with Crippen molar-refractivity contribution in [3.8, 4) is 11.5 Å². The Hall–Kier alpha value is -7.44. The summed E-state index contributed by atoms with van der Waals surface area (Å²) in [5.74, 6) is -0.368. The Morgan fingerprint density at radius 3 is 2.33 bits per heavy atom. The number of nitrogens with one attached hydrogen (secondary N) is 3. The van der Waals surface area contributed by atoms with Crippen molar-refractivity contribution in [2.45, 2.75) is 46.4 Å². The number of nitrogens with zero attached hydrogens (tertiary/aromatic N) is 8. The largest absolute Gasteiger partial charge is 0.494 e. The van der Waals surface area contributed by atoms with E-state index in [-0.39, 0.29) is 31.1 Å². The molecule has 6 rings (SSSR count). The summed E-state index contributed by atoms with van der Waals surface area (Å²) in [6.45, 7) is 5.73. The molecule has 302 valence electrons. The minimum Gasteiger partial charge on any atom is -0.494 e. The van der Waals surface area contributed by atoms with Gasteiger partial charge in [-0.3, -0.25) is 33.9 Å². The summed E-state index contributed by atoms with van der Waals surface area (Å²) >= 11 is 0.